The molecule has 0 bridgehead atoms. The van der Waals surface area contributed by atoms with Crippen LogP contribution < -0.4 is 20.1 Å². The third kappa shape index (κ3) is 4.78. The van der Waals surface area contributed by atoms with Crippen LogP contribution in [0.25, 0.3) is 0 Å². The van der Waals surface area contributed by atoms with Gasteiger partial charge in [-0.2, -0.15) is 0 Å². The van der Waals surface area contributed by atoms with E-state index >= 15 is 0 Å². The smallest absolute Gasteiger partial charge is 0.251 e. The van der Waals surface area contributed by atoms with Gasteiger partial charge < -0.3 is 20.1 Å². The van der Waals surface area contributed by atoms with Gasteiger partial charge in [0.25, 0.3) is 5.91 Å². The van der Waals surface area contributed by atoms with E-state index in [1.165, 1.54) is 0 Å². The Morgan fingerprint density at radius 3 is 2.15 bits per heavy atom. The third-order valence-corrected chi connectivity index (χ3v) is 4.75. The molecule has 0 spiro atoms. The van der Waals surface area contributed by atoms with Crippen LogP contribution in [0.4, 0.5) is 5.69 Å². The molecule has 0 radical (unpaired) electrons. The number of ether oxygens (including phenoxy) is 2. The molecule has 2 aromatic carbocycles. The first-order valence-corrected chi connectivity index (χ1v) is 9.00. The molecule has 0 unspecified atom stereocenters. The lowest BCUT2D eigenvalue weighted by Crippen LogP contribution is -2.28. The number of nitrogens with one attached hydrogen (secondary N) is 2. The molecule has 0 aromatic heterocycles. The molecule has 27 heavy (non-hydrogen) atoms. The highest BCUT2D eigenvalue weighted by molar-refractivity contribution is 5.96. The van der Waals surface area contributed by atoms with Gasteiger partial charge in [0.05, 0.1) is 14.2 Å². The summed E-state index contributed by atoms with van der Waals surface area (Å²) in [7, 11) is 3.17. The first-order valence-electron chi connectivity index (χ1n) is 9.00. The van der Waals surface area contributed by atoms with Gasteiger partial charge in [-0.3, -0.25) is 9.59 Å². The predicted octanol–water partition coefficient (Wildman–Crippen LogP) is 3.37. The molecule has 6 nitrogen and oxygen atoms in total. The summed E-state index contributed by atoms with van der Waals surface area (Å²) in [6.45, 7) is 0.354. The second kappa shape index (κ2) is 8.58. The van der Waals surface area contributed by atoms with Crippen molar-refractivity contribution in [1.29, 1.82) is 0 Å². The molecule has 2 N–H and O–H groups in total. The Balaban J connectivity index is 1.57. The summed E-state index contributed by atoms with van der Waals surface area (Å²) in [6, 6.07) is 12.4. The number of anilines is 1. The molecular formula is C21H24N2O4. The molecule has 0 aliphatic heterocycles. The number of amides is 2. The zero-order valence-electron chi connectivity index (χ0n) is 15.6. The van der Waals surface area contributed by atoms with Crippen LogP contribution in [0.3, 0.4) is 0 Å². The molecular weight excluding hydrogens is 344 g/mol. The highest BCUT2D eigenvalue weighted by Gasteiger charge is 2.25. The van der Waals surface area contributed by atoms with Crippen molar-refractivity contribution in [2.45, 2.75) is 25.8 Å². The summed E-state index contributed by atoms with van der Waals surface area (Å²) in [4.78, 5) is 24.3. The predicted molar refractivity (Wildman–Crippen MR) is 103 cm³/mol. The molecule has 2 aromatic rings. The van der Waals surface area contributed by atoms with Crippen LogP contribution in [0, 0.1) is 5.92 Å². The monoisotopic (exact) mass is 368 g/mol. The summed E-state index contributed by atoms with van der Waals surface area (Å²) < 4.78 is 10.5. The highest BCUT2D eigenvalue weighted by atomic mass is 16.5. The fourth-order valence-electron chi connectivity index (χ4n) is 2.87. The normalized spacial score (nSPS) is 13.4. The van der Waals surface area contributed by atoms with Crippen molar-refractivity contribution in [2.24, 2.45) is 5.92 Å². The summed E-state index contributed by atoms with van der Waals surface area (Å²) in [5, 5.41) is 5.77. The molecule has 0 saturated heterocycles. The first kappa shape index (κ1) is 18.8. The molecule has 1 aliphatic rings. The van der Waals surface area contributed by atoms with Gasteiger partial charge >= 0.3 is 0 Å². The molecule has 3 rings (SSSR count). The molecule has 1 saturated carbocycles. The fourth-order valence-corrected chi connectivity index (χ4v) is 2.87. The minimum atomic E-state index is -0.186. The second-order valence-electron chi connectivity index (χ2n) is 6.60. The maximum atomic E-state index is 12.4. The molecule has 2 amide bonds. The zero-order valence-corrected chi connectivity index (χ0v) is 15.6. The van der Waals surface area contributed by atoms with E-state index in [9.17, 15) is 9.59 Å². The Bertz CT molecular complexity index is 791. The van der Waals surface area contributed by atoms with E-state index in [-0.39, 0.29) is 17.7 Å². The van der Waals surface area contributed by atoms with Gasteiger partial charge in [-0.1, -0.05) is 6.42 Å². The van der Waals surface area contributed by atoms with E-state index < -0.39 is 0 Å². The van der Waals surface area contributed by atoms with E-state index in [2.05, 4.69) is 10.6 Å². The zero-order chi connectivity index (χ0) is 19.2. The number of benzene rings is 2. The van der Waals surface area contributed by atoms with Gasteiger partial charge in [0.1, 0.15) is 11.5 Å². The average Bonchev–Trinajstić information content (AvgIpc) is 2.64. The quantitative estimate of drug-likeness (QED) is 0.786. The van der Waals surface area contributed by atoms with Crippen LogP contribution in [-0.2, 0) is 11.3 Å². The number of hydrogen-bond donors (Lipinski definition) is 2. The van der Waals surface area contributed by atoms with Crippen LogP contribution in [0.5, 0.6) is 11.5 Å². The third-order valence-electron chi connectivity index (χ3n) is 4.75. The Morgan fingerprint density at radius 1 is 1.00 bits per heavy atom. The number of hydrogen-bond acceptors (Lipinski definition) is 4. The Hall–Kier alpha value is -3.02. The maximum absolute atomic E-state index is 12.4. The number of carbonyl (C=O) groups is 2. The Kier molecular flexibility index (Phi) is 5.96. The van der Waals surface area contributed by atoms with Gasteiger partial charge in [-0.05, 0) is 54.8 Å². The molecule has 142 valence electrons. The lowest BCUT2D eigenvalue weighted by Gasteiger charge is -2.24. The first-order chi connectivity index (χ1) is 13.1. The van der Waals surface area contributed by atoms with Crippen molar-refractivity contribution < 1.29 is 19.1 Å². The standard InChI is InChI=1S/C21H24N2O4/c1-26-18-10-14(11-19(12-18)27-2)13-22-20(24)16-6-8-17(9-7-16)23-21(25)15-4-3-5-15/h6-12,15H,3-5,13H2,1-2H3,(H,22,24)(H,23,25). The summed E-state index contributed by atoms with van der Waals surface area (Å²) >= 11 is 0. The molecule has 1 aliphatic carbocycles. The molecule has 6 heteroatoms. The van der Waals surface area contributed by atoms with E-state index in [1.54, 1.807) is 44.6 Å². The lowest BCUT2D eigenvalue weighted by atomic mass is 9.85. The average molecular weight is 368 g/mol. The van der Waals surface area contributed by atoms with Crippen molar-refractivity contribution in [3.63, 3.8) is 0 Å². The number of methoxy groups -OCH3 is 2. The second-order valence-corrected chi connectivity index (χ2v) is 6.60. The fraction of sp³-hybridized carbons (Fsp3) is 0.333. The van der Waals surface area contributed by atoms with Crippen molar-refractivity contribution in [3.05, 3.63) is 53.6 Å². The van der Waals surface area contributed by atoms with Gasteiger partial charge in [0.15, 0.2) is 0 Å². The van der Waals surface area contributed by atoms with Gasteiger partial charge in [-0.25, -0.2) is 0 Å². The molecule has 1 fully saturated rings. The van der Waals surface area contributed by atoms with Gasteiger partial charge in [-0.15, -0.1) is 0 Å². The lowest BCUT2D eigenvalue weighted by molar-refractivity contribution is -0.122. The van der Waals surface area contributed by atoms with Crippen molar-refractivity contribution in [3.8, 4) is 11.5 Å². The summed E-state index contributed by atoms with van der Waals surface area (Å²) in [5.74, 6) is 1.35. The topological polar surface area (TPSA) is 76.7 Å². The van der Waals surface area contributed by atoms with Gasteiger partial charge in [0.2, 0.25) is 5.91 Å². The highest BCUT2D eigenvalue weighted by Crippen LogP contribution is 2.27. The largest absolute Gasteiger partial charge is 0.497 e. The van der Waals surface area contributed by atoms with Crippen LogP contribution in [0.15, 0.2) is 42.5 Å². The summed E-state index contributed by atoms with van der Waals surface area (Å²) in [5.41, 5.74) is 2.12. The van der Waals surface area contributed by atoms with Gasteiger partial charge in [0, 0.05) is 29.8 Å². The summed E-state index contributed by atoms with van der Waals surface area (Å²) in [6.07, 6.45) is 3.04. The van der Waals surface area contributed by atoms with Crippen LogP contribution in [0.1, 0.15) is 35.2 Å². The minimum Gasteiger partial charge on any atom is -0.497 e. The van der Waals surface area contributed by atoms with Crippen molar-refractivity contribution in [2.75, 3.05) is 19.5 Å². The Morgan fingerprint density at radius 2 is 1.63 bits per heavy atom. The Labute approximate surface area is 158 Å². The maximum Gasteiger partial charge on any atom is 0.251 e. The molecule has 0 atom stereocenters. The number of rotatable bonds is 7. The van der Waals surface area contributed by atoms with E-state index in [0.29, 0.717) is 29.3 Å². The van der Waals surface area contributed by atoms with E-state index in [0.717, 1.165) is 24.8 Å². The number of carbonyl (C=O) groups excluding carboxylic acids is 2. The SMILES string of the molecule is COc1cc(CNC(=O)c2ccc(NC(=O)C3CCC3)cc2)cc(OC)c1. The van der Waals surface area contributed by atoms with E-state index in [1.807, 2.05) is 12.1 Å². The van der Waals surface area contributed by atoms with E-state index in [4.69, 9.17) is 9.47 Å². The van der Waals surface area contributed by atoms with Crippen LogP contribution in [0.2, 0.25) is 0 Å². The minimum absolute atomic E-state index is 0.0606. The molecule has 0 heterocycles. The van der Waals surface area contributed by atoms with Crippen LogP contribution in [-0.4, -0.2) is 26.0 Å². The van der Waals surface area contributed by atoms with Crippen molar-refractivity contribution in [1.82, 2.24) is 5.32 Å². The van der Waals surface area contributed by atoms with Crippen LogP contribution >= 0.6 is 0 Å². The van der Waals surface area contributed by atoms with Crippen molar-refractivity contribution >= 4 is 17.5 Å².